The zero-order valence-electron chi connectivity index (χ0n) is 8.97. The Morgan fingerprint density at radius 3 is 2.73 bits per heavy atom. The van der Waals surface area contributed by atoms with Crippen LogP contribution in [0.1, 0.15) is 44.2 Å². The van der Waals surface area contributed by atoms with Gasteiger partial charge in [0.2, 0.25) is 0 Å². The highest BCUT2D eigenvalue weighted by atomic mass is 35.5. The van der Waals surface area contributed by atoms with E-state index >= 15 is 0 Å². The predicted molar refractivity (Wildman–Crippen MR) is 62.5 cm³/mol. The summed E-state index contributed by atoms with van der Waals surface area (Å²) in [7, 11) is 0. The lowest BCUT2D eigenvalue weighted by Gasteiger charge is -2.12. The lowest BCUT2D eigenvalue weighted by atomic mass is 10.0. The minimum absolute atomic E-state index is 0.214. The van der Waals surface area contributed by atoms with Crippen molar-refractivity contribution < 1.29 is 4.39 Å². The van der Waals surface area contributed by atoms with Crippen LogP contribution in [0.15, 0.2) is 18.2 Å². The molecular formula is C12H17ClFN. The van der Waals surface area contributed by atoms with Crippen molar-refractivity contribution in [2.45, 2.75) is 38.6 Å². The van der Waals surface area contributed by atoms with Crippen LogP contribution in [0.3, 0.4) is 0 Å². The molecule has 0 aliphatic rings. The van der Waals surface area contributed by atoms with Gasteiger partial charge < -0.3 is 5.73 Å². The molecule has 84 valence electrons. The lowest BCUT2D eigenvalue weighted by molar-refractivity contribution is 0.539. The Hall–Kier alpha value is -0.600. The zero-order chi connectivity index (χ0) is 11.3. The minimum Gasteiger partial charge on any atom is -0.324 e. The van der Waals surface area contributed by atoms with Gasteiger partial charge in [0.05, 0.1) is 0 Å². The molecule has 0 aliphatic heterocycles. The molecule has 1 nitrogen and oxygen atoms in total. The van der Waals surface area contributed by atoms with Crippen LogP contribution >= 0.6 is 11.6 Å². The third-order valence-electron chi connectivity index (χ3n) is 2.48. The average molecular weight is 230 g/mol. The molecule has 3 heteroatoms. The third-order valence-corrected chi connectivity index (χ3v) is 2.72. The van der Waals surface area contributed by atoms with Crippen molar-refractivity contribution in [1.82, 2.24) is 0 Å². The first-order valence-electron chi connectivity index (χ1n) is 5.35. The van der Waals surface area contributed by atoms with E-state index in [1.165, 1.54) is 6.07 Å². The molecule has 1 rings (SSSR count). The number of hydrogen-bond acceptors (Lipinski definition) is 1. The van der Waals surface area contributed by atoms with Crippen molar-refractivity contribution >= 4 is 11.6 Å². The van der Waals surface area contributed by atoms with Crippen molar-refractivity contribution in [2.24, 2.45) is 5.73 Å². The highest BCUT2D eigenvalue weighted by molar-refractivity contribution is 6.30. The third kappa shape index (κ3) is 3.80. The molecule has 0 amide bonds. The van der Waals surface area contributed by atoms with Crippen LogP contribution in [0.2, 0.25) is 5.02 Å². The summed E-state index contributed by atoms with van der Waals surface area (Å²) >= 11 is 5.67. The number of nitrogens with two attached hydrogens (primary N) is 1. The van der Waals surface area contributed by atoms with Crippen LogP contribution in [0.4, 0.5) is 4.39 Å². The molecule has 1 atom stereocenters. The molecule has 0 aromatic heterocycles. The summed E-state index contributed by atoms with van der Waals surface area (Å²) in [5, 5.41) is 0.414. The number of unbranched alkanes of at least 4 members (excludes halogenated alkanes) is 2. The van der Waals surface area contributed by atoms with E-state index in [1.807, 2.05) is 0 Å². The molecule has 2 N–H and O–H groups in total. The lowest BCUT2D eigenvalue weighted by Crippen LogP contribution is -2.11. The second kappa shape index (κ2) is 6.09. The average Bonchev–Trinajstić information content (AvgIpc) is 2.17. The van der Waals surface area contributed by atoms with E-state index in [1.54, 1.807) is 12.1 Å². The van der Waals surface area contributed by atoms with Crippen LogP contribution in [-0.2, 0) is 0 Å². The first kappa shape index (κ1) is 12.5. The maximum atomic E-state index is 13.4. The van der Waals surface area contributed by atoms with Crippen molar-refractivity contribution in [3.8, 4) is 0 Å². The van der Waals surface area contributed by atoms with Crippen molar-refractivity contribution in [3.63, 3.8) is 0 Å². The Bertz CT molecular complexity index is 314. The van der Waals surface area contributed by atoms with E-state index in [0.717, 1.165) is 25.7 Å². The monoisotopic (exact) mass is 229 g/mol. The van der Waals surface area contributed by atoms with Gasteiger partial charge in [-0.3, -0.25) is 0 Å². The van der Waals surface area contributed by atoms with E-state index < -0.39 is 0 Å². The fourth-order valence-electron chi connectivity index (χ4n) is 1.57. The Morgan fingerprint density at radius 2 is 2.13 bits per heavy atom. The van der Waals surface area contributed by atoms with Crippen molar-refractivity contribution in [3.05, 3.63) is 34.6 Å². The smallest absolute Gasteiger partial charge is 0.129 e. The maximum absolute atomic E-state index is 13.4. The highest BCUT2D eigenvalue weighted by Gasteiger charge is 2.10. The predicted octanol–water partition coefficient (Wildman–Crippen LogP) is 4.06. The minimum atomic E-state index is -0.300. The van der Waals surface area contributed by atoms with Gasteiger partial charge >= 0.3 is 0 Å². The van der Waals surface area contributed by atoms with Gasteiger partial charge in [0, 0.05) is 16.6 Å². The molecule has 0 fully saturated rings. The molecule has 0 spiro atoms. The molecule has 1 aromatic carbocycles. The molecule has 0 unspecified atom stereocenters. The molecule has 0 aliphatic carbocycles. The Balaban J connectivity index is 2.61. The second-order valence-corrected chi connectivity index (χ2v) is 4.20. The molecule has 0 bridgehead atoms. The quantitative estimate of drug-likeness (QED) is 0.758. The number of rotatable bonds is 5. The molecule has 0 saturated carbocycles. The van der Waals surface area contributed by atoms with E-state index in [9.17, 15) is 4.39 Å². The van der Waals surface area contributed by atoms with Crippen LogP contribution in [0, 0.1) is 5.82 Å². The molecule has 0 radical (unpaired) electrons. The van der Waals surface area contributed by atoms with E-state index in [4.69, 9.17) is 17.3 Å². The van der Waals surface area contributed by atoms with E-state index in [2.05, 4.69) is 6.92 Å². The summed E-state index contributed by atoms with van der Waals surface area (Å²) < 4.78 is 13.4. The zero-order valence-corrected chi connectivity index (χ0v) is 9.73. The fourth-order valence-corrected chi connectivity index (χ4v) is 1.73. The normalized spacial score (nSPS) is 12.8. The van der Waals surface area contributed by atoms with Gasteiger partial charge in [-0.1, -0.05) is 43.9 Å². The summed E-state index contributed by atoms with van der Waals surface area (Å²) in [6.07, 6.45) is 4.16. The van der Waals surface area contributed by atoms with Gasteiger partial charge in [-0.15, -0.1) is 0 Å². The first-order valence-corrected chi connectivity index (χ1v) is 5.73. The number of benzene rings is 1. The van der Waals surface area contributed by atoms with E-state index in [0.29, 0.717) is 10.6 Å². The van der Waals surface area contributed by atoms with Crippen LogP contribution < -0.4 is 5.73 Å². The van der Waals surface area contributed by atoms with Crippen LogP contribution in [0.5, 0.6) is 0 Å². The highest BCUT2D eigenvalue weighted by Crippen LogP contribution is 2.22. The van der Waals surface area contributed by atoms with Gasteiger partial charge in [-0.2, -0.15) is 0 Å². The second-order valence-electron chi connectivity index (χ2n) is 3.77. The fraction of sp³-hybridized carbons (Fsp3) is 0.500. The van der Waals surface area contributed by atoms with Crippen LogP contribution in [-0.4, -0.2) is 0 Å². The van der Waals surface area contributed by atoms with Gasteiger partial charge in [0.15, 0.2) is 0 Å². The summed E-state index contributed by atoms with van der Waals surface area (Å²) in [5.41, 5.74) is 6.47. The Morgan fingerprint density at radius 1 is 1.40 bits per heavy atom. The summed E-state index contributed by atoms with van der Waals surface area (Å²) in [5.74, 6) is -0.300. The van der Waals surface area contributed by atoms with Gasteiger partial charge in [-0.05, 0) is 18.6 Å². The van der Waals surface area contributed by atoms with Crippen molar-refractivity contribution in [1.29, 1.82) is 0 Å². The standard InChI is InChI=1S/C12H17ClFN/c1-2-3-4-5-12(15)10-7-6-9(13)8-11(10)14/h6-8,12H,2-5,15H2,1H3/t12-/m0/s1. The molecular weight excluding hydrogens is 213 g/mol. The molecule has 0 heterocycles. The maximum Gasteiger partial charge on any atom is 0.129 e. The van der Waals surface area contributed by atoms with Gasteiger partial charge in [0.25, 0.3) is 0 Å². The number of hydrogen-bond donors (Lipinski definition) is 1. The van der Waals surface area contributed by atoms with Crippen LogP contribution in [0.25, 0.3) is 0 Å². The topological polar surface area (TPSA) is 26.0 Å². The van der Waals surface area contributed by atoms with Gasteiger partial charge in [-0.25, -0.2) is 4.39 Å². The Kier molecular flexibility index (Phi) is 5.06. The molecule has 15 heavy (non-hydrogen) atoms. The van der Waals surface area contributed by atoms with Gasteiger partial charge in [0.1, 0.15) is 5.82 Å². The summed E-state index contributed by atoms with van der Waals surface area (Å²) in [4.78, 5) is 0. The van der Waals surface area contributed by atoms with Crippen molar-refractivity contribution in [2.75, 3.05) is 0 Å². The summed E-state index contributed by atoms with van der Waals surface area (Å²) in [6, 6.07) is 4.46. The molecule has 0 saturated heterocycles. The Labute approximate surface area is 95.4 Å². The molecule has 1 aromatic rings. The summed E-state index contributed by atoms with van der Waals surface area (Å²) in [6.45, 7) is 2.13. The SMILES string of the molecule is CCCCC[C@H](N)c1ccc(Cl)cc1F. The largest absolute Gasteiger partial charge is 0.324 e. The first-order chi connectivity index (χ1) is 7.15. The number of halogens is 2. The van der Waals surface area contributed by atoms with E-state index in [-0.39, 0.29) is 11.9 Å².